The maximum Gasteiger partial charge on any atom is 0.194 e. The van der Waals surface area contributed by atoms with Crippen molar-refractivity contribution in [3.8, 4) is 11.3 Å². The number of nitrogens with one attached hydrogen (secondary N) is 1. The maximum absolute atomic E-state index is 13.8. The molecule has 3 nitrogen and oxygen atoms in total. The Hall–Kier alpha value is -4.50. The minimum atomic E-state index is 0.0135. The molecule has 4 aromatic carbocycles. The Morgan fingerprint density at radius 3 is 2.06 bits per heavy atom. The molecule has 33 heavy (non-hydrogen) atoms. The second-order valence-corrected chi connectivity index (χ2v) is 8.05. The molecule has 1 aromatic heterocycles. The van der Waals surface area contributed by atoms with Crippen LogP contribution in [-0.2, 0) is 0 Å². The summed E-state index contributed by atoms with van der Waals surface area (Å²) in [6.45, 7) is 0. The second-order valence-electron chi connectivity index (χ2n) is 8.05. The first-order valence-electron chi connectivity index (χ1n) is 11.0. The number of ketones is 1. The lowest BCUT2D eigenvalue weighted by atomic mass is 9.84. The van der Waals surface area contributed by atoms with Crippen LogP contribution in [0.5, 0.6) is 0 Å². The van der Waals surface area contributed by atoms with E-state index in [0.717, 1.165) is 44.7 Å². The molecule has 6 rings (SSSR count). The minimum absolute atomic E-state index is 0.0135. The summed E-state index contributed by atoms with van der Waals surface area (Å²) < 4.78 is 0. The lowest BCUT2D eigenvalue weighted by Crippen LogP contribution is -2.17. The quantitative estimate of drug-likeness (QED) is 0.326. The van der Waals surface area contributed by atoms with Crippen LogP contribution in [0.4, 0.5) is 5.69 Å². The molecule has 0 spiro atoms. The number of rotatable bonds is 3. The molecule has 0 unspecified atom stereocenters. The Kier molecular flexibility index (Phi) is 4.59. The molecule has 0 saturated heterocycles. The van der Waals surface area contributed by atoms with Gasteiger partial charge in [0, 0.05) is 33.2 Å². The van der Waals surface area contributed by atoms with E-state index in [1.165, 1.54) is 0 Å². The Morgan fingerprint density at radius 2 is 1.27 bits per heavy atom. The van der Waals surface area contributed by atoms with E-state index in [4.69, 9.17) is 4.99 Å². The summed E-state index contributed by atoms with van der Waals surface area (Å²) in [4.78, 5) is 22.3. The van der Waals surface area contributed by atoms with Crippen LogP contribution in [-0.4, -0.2) is 16.5 Å². The highest BCUT2D eigenvalue weighted by atomic mass is 16.1. The predicted octanol–water partition coefficient (Wildman–Crippen LogP) is 7.24. The summed E-state index contributed by atoms with van der Waals surface area (Å²) in [6.07, 6.45) is 1.94. The summed E-state index contributed by atoms with van der Waals surface area (Å²) in [7, 11) is 0. The van der Waals surface area contributed by atoms with Gasteiger partial charge in [-0.05, 0) is 29.8 Å². The topological polar surface area (TPSA) is 45.2 Å². The number of nitrogens with zero attached hydrogens (tertiary/aromatic N) is 1. The summed E-state index contributed by atoms with van der Waals surface area (Å²) in [5, 5.41) is 1.02. The van der Waals surface area contributed by atoms with Gasteiger partial charge < -0.3 is 4.98 Å². The molecule has 0 saturated carbocycles. The number of benzene rings is 4. The molecule has 1 N–H and O–H groups in total. The van der Waals surface area contributed by atoms with E-state index >= 15 is 0 Å². The van der Waals surface area contributed by atoms with Crippen molar-refractivity contribution in [2.75, 3.05) is 0 Å². The first-order valence-corrected chi connectivity index (χ1v) is 11.0. The number of aromatic nitrogens is 1. The molecule has 0 aliphatic heterocycles. The molecule has 0 amide bonds. The fourth-order valence-electron chi connectivity index (χ4n) is 4.49. The van der Waals surface area contributed by atoms with Crippen molar-refractivity contribution in [3.63, 3.8) is 0 Å². The SMILES string of the molecule is O=C1C(c2c(-c3ccccc3)[nH]c3ccccc23)=CC(=Nc2ccccc2)c2ccccc21. The van der Waals surface area contributed by atoms with Crippen LogP contribution in [0.15, 0.2) is 120 Å². The third kappa shape index (κ3) is 3.31. The third-order valence-electron chi connectivity index (χ3n) is 6.02. The molecule has 1 aliphatic carbocycles. The Morgan fingerprint density at radius 1 is 0.636 bits per heavy atom. The van der Waals surface area contributed by atoms with Crippen LogP contribution in [0.2, 0.25) is 0 Å². The summed E-state index contributed by atoms with van der Waals surface area (Å²) in [5.74, 6) is 0.0135. The number of H-pyrrole nitrogens is 1. The van der Waals surface area contributed by atoms with Gasteiger partial charge in [-0.1, -0.05) is 91.0 Å². The molecule has 1 aliphatic rings. The van der Waals surface area contributed by atoms with Crippen molar-refractivity contribution >= 4 is 33.7 Å². The Balaban J connectivity index is 1.64. The lowest BCUT2D eigenvalue weighted by Gasteiger charge is -2.19. The normalized spacial score (nSPS) is 14.4. The molecule has 1 heterocycles. The van der Waals surface area contributed by atoms with Gasteiger partial charge in [-0.2, -0.15) is 0 Å². The zero-order valence-electron chi connectivity index (χ0n) is 17.8. The summed E-state index contributed by atoms with van der Waals surface area (Å²) >= 11 is 0. The molecule has 0 radical (unpaired) electrons. The molecule has 0 bridgehead atoms. The van der Waals surface area contributed by atoms with Crippen LogP contribution >= 0.6 is 0 Å². The lowest BCUT2D eigenvalue weighted by molar-refractivity contribution is 0.105. The van der Waals surface area contributed by atoms with E-state index in [1.54, 1.807) is 0 Å². The van der Waals surface area contributed by atoms with E-state index in [9.17, 15) is 4.79 Å². The summed E-state index contributed by atoms with van der Waals surface area (Å²) in [6, 6.07) is 35.9. The second kappa shape index (κ2) is 7.88. The fraction of sp³-hybridized carbons (Fsp3) is 0. The van der Waals surface area contributed by atoms with E-state index in [1.807, 2.05) is 97.1 Å². The monoisotopic (exact) mass is 424 g/mol. The molecule has 0 atom stereocenters. The highest BCUT2D eigenvalue weighted by molar-refractivity contribution is 6.41. The average molecular weight is 425 g/mol. The average Bonchev–Trinajstić information content (AvgIpc) is 3.26. The number of allylic oxidation sites excluding steroid dienone is 2. The van der Waals surface area contributed by atoms with Crippen LogP contribution in [0.25, 0.3) is 27.7 Å². The Labute approximate surface area is 191 Å². The van der Waals surface area contributed by atoms with Crippen molar-refractivity contribution in [2.24, 2.45) is 4.99 Å². The van der Waals surface area contributed by atoms with Gasteiger partial charge in [-0.3, -0.25) is 4.79 Å². The number of aromatic amines is 1. The van der Waals surface area contributed by atoms with E-state index in [0.29, 0.717) is 11.1 Å². The minimum Gasteiger partial charge on any atom is -0.354 e. The first kappa shape index (κ1) is 19.2. The number of Topliss-reactive ketones (excluding diaryl/α,β-unsaturated/α-hetero) is 1. The van der Waals surface area contributed by atoms with Crippen LogP contribution in [0, 0.1) is 0 Å². The van der Waals surface area contributed by atoms with Crippen molar-refractivity contribution in [2.45, 2.75) is 0 Å². The molecule has 5 aromatic rings. The molecular weight excluding hydrogens is 404 g/mol. The number of para-hydroxylation sites is 2. The highest BCUT2D eigenvalue weighted by Gasteiger charge is 2.29. The summed E-state index contributed by atoms with van der Waals surface area (Å²) in [5.41, 5.74) is 7.72. The maximum atomic E-state index is 13.8. The number of hydrogen-bond acceptors (Lipinski definition) is 2. The van der Waals surface area contributed by atoms with Gasteiger partial charge in [0.15, 0.2) is 5.78 Å². The van der Waals surface area contributed by atoms with Crippen LogP contribution < -0.4 is 0 Å². The first-order chi connectivity index (χ1) is 16.3. The van der Waals surface area contributed by atoms with Crippen molar-refractivity contribution in [1.29, 1.82) is 0 Å². The van der Waals surface area contributed by atoms with Gasteiger partial charge in [0.05, 0.1) is 17.1 Å². The van der Waals surface area contributed by atoms with Gasteiger partial charge >= 0.3 is 0 Å². The van der Waals surface area contributed by atoms with Gasteiger partial charge in [0.2, 0.25) is 0 Å². The standard InChI is InChI=1S/C30H20N2O/c33-30-23-16-8-7-15-22(23)27(31-21-13-5-2-6-14-21)19-25(30)28-24-17-9-10-18-26(24)32-29(28)20-11-3-1-4-12-20/h1-19,32H. The molecule has 0 fully saturated rings. The van der Waals surface area contributed by atoms with Gasteiger partial charge in [-0.25, -0.2) is 4.99 Å². The van der Waals surface area contributed by atoms with Crippen LogP contribution in [0.3, 0.4) is 0 Å². The van der Waals surface area contributed by atoms with Gasteiger partial charge in [0.25, 0.3) is 0 Å². The predicted molar refractivity (Wildman–Crippen MR) is 135 cm³/mol. The number of fused-ring (bicyclic) bond motifs is 2. The molecular formula is C30H20N2O. The largest absolute Gasteiger partial charge is 0.354 e. The number of aliphatic imine (C=N–C) groups is 1. The van der Waals surface area contributed by atoms with Gasteiger partial charge in [-0.15, -0.1) is 0 Å². The van der Waals surface area contributed by atoms with Crippen molar-refractivity contribution in [1.82, 2.24) is 4.98 Å². The van der Waals surface area contributed by atoms with E-state index in [-0.39, 0.29) is 5.78 Å². The zero-order valence-corrected chi connectivity index (χ0v) is 17.8. The molecule has 156 valence electrons. The fourth-order valence-corrected chi connectivity index (χ4v) is 4.49. The number of carbonyl (C=O) groups is 1. The highest BCUT2D eigenvalue weighted by Crippen LogP contribution is 2.39. The number of carbonyl (C=O) groups excluding carboxylic acids is 1. The molecule has 3 heteroatoms. The van der Waals surface area contributed by atoms with Gasteiger partial charge in [0.1, 0.15) is 0 Å². The zero-order chi connectivity index (χ0) is 22.2. The Bertz CT molecular complexity index is 1560. The van der Waals surface area contributed by atoms with Crippen molar-refractivity contribution in [3.05, 3.63) is 132 Å². The van der Waals surface area contributed by atoms with E-state index in [2.05, 4.69) is 23.2 Å². The van der Waals surface area contributed by atoms with E-state index < -0.39 is 0 Å². The van der Waals surface area contributed by atoms with Crippen LogP contribution in [0.1, 0.15) is 21.5 Å². The smallest absolute Gasteiger partial charge is 0.194 e. The number of hydrogen-bond donors (Lipinski definition) is 1. The third-order valence-corrected chi connectivity index (χ3v) is 6.02. The van der Waals surface area contributed by atoms with Crippen molar-refractivity contribution < 1.29 is 4.79 Å².